The van der Waals surface area contributed by atoms with Crippen LogP contribution in [-0.2, 0) is 37.9 Å². The number of nitrogens with zero attached hydrogens (tertiary/aromatic N) is 4. The topological polar surface area (TPSA) is 72.2 Å². The van der Waals surface area contributed by atoms with Crippen LogP contribution in [0.15, 0.2) is 59.4 Å². The van der Waals surface area contributed by atoms with Crippen LogP contribution in [0.25, 0.3) is 11.0 Å². The standard InChI is InChI=1S/C23H23N5O2S/c1-26-18-9-5-6-10-19(18)28(23(26)30)15-21(29)25-22-24-17-11-12-27(14-20(17)31-22)13-16-7-3-2-4-8-16/h2-10H,11-15H2,1H3,(H,24,25,29). The molecule has 0 bridgehead atoms. The maximum absolute atomic E-state index is 12.7. The van der Waals surface area contributed by atoms with E-state index in [0.29, 0.717) is 5.13 Å². The molecule has 0 saturated heterocycles. The number of hydrogen-bond acceptors (Lipinski definition) is 5. The van der Waals surface area contributed by atoms with Gasteiger partial charge in [0.15, 0.2) is 5.13 Å². The van der Waals surface area contributed by atoms with E-state index in [4.69, 9.17) is 0 Å². The maximum atomic E-state index is 12.7. The number of para-hydroxylation sites is 2. The molecule has 1 amide bonds. The first-order valence-electron chi connectivity index (χ1n) is 10.3. The molecule has 0 aliphatic carbocycles. The lowest BCUT2D eigenvalue weighted by molar-refractivity contribution is -0.116. The zero-order chi connectivity index (χ0) is 21.4. The van der Waals surface area contributed by atoms with Crippen molar-refractivity contribution in [3.8, 4) is 0 Å². The van der Waals surface area contributed by atoms with Crippen molar-refractivity contribution < 1.29 is 4.79 Å². The second kappa shape index (κ2) is 8.13. The monoisotopic (exact) mass is 433 g/mol. The predicted molar refractivity (Wildman–Crippen MR) is 122 cm³/mol. The zero-order valence-corrected chi connectivity index (χ0v) is 18.1. The zero-order valence-electron chi connectivity index (χ0n) is 17.2. The van der Waals surface area contributed by atoms with E-state index in [1.807, 2.05) is 30.3 Å². The first-order valence-corrected chi connectivity index (χ1v) is 11.1. The molecule has 0 spiro atoms. The minimum atomic E-state index is -0.245. The van der Waals surface area contributed by atoms with Gasteiger partial charge in [0.1, 0.15) is 6.54 Å². The number of aromatic nitrogens is 3. The van der Waals surface area contributed by atoms with Gasteiger partial charge in [0.2, 0.25) is 5.91 Å². The first kappa shape index (κ1) is 19.7. The van der Waals surface area contributed by atoms with Crippen molar-refractivity contribution in [1.82, 2.24) is 19.0 Å². The SMILES string of the molecule is Cn1c(=O)n(CC(=O)Nc2nc3c(s2)CN(Cc2ccccc2)CC3)c2ccccc21. The summed E-state index contributed by atoms with van der Waals surface area (Å²) in [5.41, 5.74) is 3.71. The summed E-state index contributed by atoms with van der Waals surface area (Å²) in [6.45, 7) is 2.65. The van der Waals surface area contributed by atoms with Crippen LogP contribution in [0.1, 0.15) is 16.1 Å². The molecule has 31 heavy (non-hydrogen) atoms. The van der Waals surface area contributed by atoms with Crippen LogP contribution in [0.5, 0.6) is 0 Å². The molecular weight excluding hydrogens is 410 g/mol. The number of imidazole rings is 1. The second-order valence-electron chi connectivity index (χ2n) is 7.80. The summed E-state index contributed by atoms with van der Waals surface area (Å²) in [5.74, 6) is -0.245. The van der Waals surface area contributed by atoms with Crippen molar-refractivity contribution in [3.63, 3.8) is 0 Å². The molecular formula is C23H23N5O2S. The van der Waals surface area contributed by atoms with Crippen LogP contribution >= 0.6 is 11.3 Å². The van der Waals surface area contributed by atoms with Gasteiger partial charge in [-0.05, 0) is 17.7 Å². The molecule has 0 atom stereocenters. The number of amides is 1. The highest BCUT2D eigenvalue weighted by Gasteiger charge is 2.22. The Bertz CT molecular complexity index is 1300. The van der Waals surface area contributed by atoms with Crippen LogP contribution in [0.2, 0.25) is 0 Å². The fraction of sp³-hybridized carbons (Fsp3) is 0.261. The number of fused-ring (bicyclic) bond motifs is 2. The number of carbonyl (C=O) groups excluding carboxylic acids is 1. The Hall–Kier alpha value is -3.23. The van der Waals surface area contributed by atoms with Crippen molar-refractivity contribution in [3.05, 3.63) is 81.2 Å². The first-order chi connectivity index (χ1) is 15.1. The van der Waals surface area contributed by atoms with E-state index >= 15 is 0 Å². The number of rotatable bonds is 5. The summed E-state index contributed by atoms with van der Waals surface area (Å²) in [7, 11) is 1.72. The summed E-state index contributed by atoms with van der Waals surface area (Å²) in [6, 6.07) is 17.9. The summed E-state index contributed by atoms with van der Waals surface area (Å²) < 4.78 is 3.06. The fourth-order valence-electron chi connectivity index (χ4n) is 4.10. The Morgan fingerprint density at radius 3 is 2.65 bits per heavy atom. The molecule has 158 valence electrons. The van der Waals surface area contributed by atoms with E-state index in [1.54, 1.807) is 11.6 Å². The summed E-state index contributed by atoms with van der Waals surface area (Å²) >= 11 is 1.52. The molecule has 8 heteroatoms. The van der Waals surface area contributed by atoms with Crippen LogP contribution in [0.4, 0.5) is 5.13 Å². The van der Waals surface area contributed by atoms with Gasteiger partial charge in [-0.25, -0.2) is 9.78 Å². The predicted octanol–water partition coefficient (Wildman–Crippen LogP) is 2.99. The minimum Gasteiger partial charge on any atom is -0.300 e. The number of anilines is 1. The number of hydrogen-bond donors (Lipinski definition) is 1. The molecule has 7 nitrogen and oxygen atoms in total. The van der Waals surface area contributed by atoms with Gasteiger partial charge < -0.3 is 5.32 Å². The van der Waals surface area contributed by atoms with Gasteiger partial charge in [-0.3, -0.25) is 18.8 Å². The fourth-order valence-corrected chi connectivity index (χ4v) is 5.16. The molecule has 5 rings (SSSR count). The van der Waals surface area contributed by atoms with Crippen molar-refractivity contribution >= 4 is 33.4 Å². The third kappa shape index (κ3) is 3.92. The lowest BCUT2D eigenvalue weighted by atomic mass is 10.1. The third-order valence-electron chi connectivity index (χ3n) is 5.66. The van der Waals surface area contributed by atoms with Gasteiger partial charge in [0, 0.05) is 38.0 Å². The molecule has 1 aliphatic heterocycles. The van der Waals surface area contributed by atoms with Crippen LogP contribution in [-0.4, -0.2) is 31.5 Å². The normalized spacial score (nSPS) is 14.0. The van der Waals surface area contributed by atoms with Crippen LogP contribution < -0.4 is 11.0 Å². The Morgan fingerprint density at radius 2 is 1.84 bits per heavy atom. The van der Waals surface area contributed by atoms with Gasteiger partial charge in [-0.15, -0.1) is 11.3 Å². The lowest BCUT2D eigenvalue weighted by Gasteiger charge is -2.25. The highest BCUT2D eigenvalue weighted by Crippen LogP contribution is 2.29. The Balaban J connectivity index is 1.28. The van der Waals surface area contributed by atoms with Gasteiger partial charge in [0.05, 0.1) is 16.7 Å². The Morgan fingerprint density at radius 1 is 1.10 bits per heavy atom. The Labute approximate surface area is 183 Å². The average Bonchev–Trinajstić information content (AvgIpc) is 3.28. The number of carbonyl (C=O) groups is 1. The molecule has 2 aromatic carbocycles. The molecule has 2 aromatic heterocycles. The van der Waals surface area contributed by atoms with E-state index < -0.39 is 0 Å². The van der Waals surface area contributed by atoms with Crippen molar-refractivity contribution in [2.45, 2.75) is 26.1 Å². The van der Waals surface area contributed by atoms with Crippen LogP contribution in [0.3, 0.4) is 0 Å². The van der Waals surface area contributed by atoms with E-state index in [0.717, 1.165) is 42.8 Å². The number of benzene rings is 2. The van der Waals surface area contributed by atoms with Gasteiger partial charge in [-0.2, -0.15) is 0 Å². The lowest BCUT2D eigenvalue weighted by Crippen LogP contribution is -2.29. The largest absolute Gasteiger partial charge is 0.329 e. The molecule has 0 fully saturated rings. The maximum Gasteiger partial charge on any atom is 0.329 e. The molecule has 3 heterocycles. The smallest absolute Gasteiger partial charge is 0.300 e. The Kier molecular flexibility index (Phi) is 5.17. The summed E-state index contributed by atoms with van der Waals surface area (Å²) in [5, 5.41) is 3.50. The molecule has 1 aliphatic rings. The van der Waals surface area contributed by atoms with Gasteiger partial charge >= 0.3 is 5.69 Å². The van der Waals surface area contributed by atoms with Gasteiger partial charge in [-0.1, -0.05) is 42.5 Å². The van der Waals surface area contributed by atoms with Gasteiger partial charge in [0.25, 0.3) is 0 Å². The minimum absolute atomic E-state index is 0.0371. The molecule has 1 N–H and O–H groups in total. The molecule has 0 unspecified atom stereocenters. The van der Waals surface area contributed by atoms with Crippen LogP contribution in [0, 0.1) is 0 Å². The van der Waals surface area contributed by atoms with E-state index in [1.165, 1.54) is 26.3 Å². The quantitative estimate of drug-likeness (QED) is 0.525. The summed E-state index contributed by atoms with van der Waals surface area (Å²) in [6.07, 6.45) is 0.872. The van der Waals surface area contributed by atoms with E-state index in [2.05, 4.69) is 39.5 Å². The second-order valence-corrected chi connectivity index (χ2v) is 8.88. The number of thiazole rings is 1. The number of nitrogens with one attached hydrogen (secondary N) is 1. The highest BCUT2D eigenvalue weighted by molar-refractivity contribution is 7.15. The summed E-state index contributed by atoms with van der Waals surface area (Å²) in [4.78, 5) is 33.5. The molecule has 4 aromatic rings. The van der Waals surface area contributed by atoms with Crippen molar-refractivity contribution in [1.29, 1.82) is 0 Å². The molecule has 0 saturated carbocycles. The average molecular weight is 434 g/mol. The van der Waals surface area contributed by atoms with E-state index in [-0.39, 0.29) is 18.1 Å². The highest BCUT2D eigenvalue weighted by atomic mass is 32.1. The molecule has 0 radical (unpaired) electrons. The van der Waals surface area contributed by atoms with E-state index in [9.17, 15) is 9.59 Å². The number of aryl methyl sites for hydroxylation is 1. The van der Waals surface area contributed by atoms with Crippen molar-refractivity contribution in [2.24, 2.45) is 7.05 Å². The van der Waals surface area contributed by atoms with Crippen molar-refractivity contribution in [2.75, 3.05) is 11.9 Å². The third-order valence-corrected chi connectivity index (χ3v) is 6.66.